The molecule has 1 N–H and O–H groups in total. The van der Waals surface area contributed by atoms with Crippen LogP contribution < -0.4 is 0 Å². The van der Waals surface area contributed by atoms with Gasteiger partial charge in [-0.15, -0.1) is 12.4 Å². The Morgan fingerprint density at radius 1 is 1.33 bits per heavy atom. The van der Waals surface area contributed by atoms with Gasteiger partial charge in [-0.05, 0) is 49.5 Å². The molecule has 100 valence electrons. The summed E-state index contributed by atoms with van der Waals surface area (Å²) in [7, 11) is 0. The van der Waals surface area contributed by atoms with Crippen LogP contribution in [0.1, 0.15) is 30.7 Å². The third kappa shape index (κ3) is 4.27. The highest BCUT2D eigenvalue weighted by molar-refractivity contribution is 5.85. The molecule has 0 aliphatic carbocycles. The standard InChI is InChI=1S/C13H18N2O2.ClH/c16-13(17)5-10-15-8-3-12(4-9-15)11-1-6-14-7-2-11;/h1-2,6-7,12H,3-5,8-10H2,(H,16,17);1H. The largest absolute Gasteiger partial charge is 0.481 e. The molecule has 4 nitrogen and oxygen atoms in total. The molecule has 2 rings (SSSR count). The van der Waals surface area contributed by atoms with Crippen LogP contribution >= 0.6 is 12.4 Å². The number of nitrogens with zero attached hydrogens (tertiary/aromatic N) is 2. The molecule has 1 saturated heterocycles. The second-order valence-corrected chi connectivity index (χ2v) is 4.54. The first kappa shape index (κ1) is 14.9. The maximum atomic E-state index is 10.5. The number of halogens is 1. The van der Waals surface area contributed by atoms with E-state index in [4.69, 9.17) is 5.11 Å². The van der Waals surface area contributed by atoms with Gasteiger partial charge in [-0.3, -0.25) is 9.78 Å². The van der Waals surface area contributed by atoms with Crippen LogP contribution in [0.25, 0.3) is 0 Å². The van der Waals surface area contributed by atoms with Gasteiger partial charge in [-0.1, -0.05) is 0 Å². The average molecular weight is 271 g/mol. The number of carboxylic acid groups (broad SMARTS) is 1. The van der Waals surface area contributed by atoms with Crippen molar-refractivity contribution < 1.29 is 9.90 Å². The van der Waals surface area contributed by atoms with E-state index in [1.165, 1.54) is 5.56 Å². The van der Waals surface area contributed by atoms with E-state index in [2.05, 4.69) is 22.0 Å². The monoisotopic (exact) mass is 270 g/mol. The fourth-order valence-corrected chi connectivity index (χ4v) is 2.38. The van der Waals surface area contributed by atoms with Crippen molar-refractivity contribution in [3.8, 4) is 0 Å². The van der Waals surface area contributed by atoms with Crippen LogP contribution in [0.2, 0.25) is 0 Å². The van der Waals surface area contributed by atoms with Crippen molar-refractivity contribution in [1.29, 1.82) is 0 Å². The average Bonchev–Trinajstić information content (AvgIpc) is 2.38. The van der Waals surface area contributed by atoms with E-state index in [0.717, 1.165) is 25.9 Å². The summed E-state index contributed by atoms with van der Waals surface area (Å²) < 4.78 is 0. The third-order valence-electron chi connectivity index (χ3n) is 3.41. The smallest absolute Gasteiger partial charge is 0.304 e. The number of carbonyl (C=O) groups is 1. The van der Waals surface area contributed by atoms with Crippen LogP contribution in [-0.2, 0) is 4.79 Å². The Bertz CT molecular complexity index is 365. The van der Waals surface area contributed by atoms with E-state index in [1.807, 2.05) is 12.4 Å². The Balaban J connectivity index is 0.00000162. The number of hydrogen-bond donors (Lipinski definition) is 1. The number of carboxylic acids is 1. The SMILES string of the molecule is Cl.O=C(O)CCN1CCC(c2ccncc2)CC1. The number of piperidine rings is 1. The van der Waals surface area contributed by atoms with Crippen LogP contribution in [0.5, 0.6) is 0 Å². The van der Waals surface area contributed by atoms with Gasteiger partial charge < -0.3 is 10.0 Å². The Morgan fingerprint density at radius 3 is 2.50 bits per heavy atom. The summed E-state index contributed by atoms with van der Waals surface area (Å²) in [6.07, 6.45) is 6.16. The first-order valence-corrected chi connectivity index (χ1v) is 6.10. The van der Waals surface area contributed by atoms with Gasteiger partial charge in [0.05, 0.1) is 6.42 Å². The molecule has 5 heteroatoms. The Morgan fingerprint density at radius 2 is 1.94 bits per heavy atom. The van der Waals surface area contributed by atoms with E-state index in [9.17, 15) is 4.79 Å². The highest BCUT2D eigenvalue weighted by atomic mass is 35.5. The predicted molar refractivity (Wildman–Crippen MR) is 72.2 cm³/mol. The second-order valence-electron chi connectivity index (χ2n) is 4.54. The molecule has 0 unspecified atom stereocenters. The van der Waals surface area contributed by atoms with Gasteiger partial charge in [-0.25, -0.2) is 0 Å². The third-order valence-corrected chi connectivity index (χ3v) is 3.41. The van der Waals surface area contributed by atoms with E-state index in [-0.39, 0.29) is 18.8 Å². The predicted octanol–water partition coefficient (Wildman–Crippen LogP) is 2.16. The molecule has 0 radical (unpaired) electrons. The first-order valence-electron chi connectivity index (χ1n) is 6.10. The van der Waals surface area contributed by atoms with E-state index in [0.29, 0.717) is 12.5 Å². The van der Waals surface area contributed by atoms with Crippen molar-refractivity contribution in [2.24, 2.45) is 0 Å². The van der Waals surface area contributed by atoms with Gasteiger partial charge in [-0.2, -0.15) is 0 Å². The van der Waals surface area contributed by atoms with Gasteiger partial charge in [0, 0.05) is 18.9 Å². The maximum absolute atomic E-state index is 10.5. The van der Waals surface area contributed by atoms with Crippen molar-refractivity contribution in [3.63, 3.8) is 0 Å². The molecule has 1 aromatic rings. The molecule has 0 spiro atoms. The van der Waals surface area contributed by atoms with Gasteiger partial charge in [0.25, 0.3) is 0 Å². The maximum Gasteiger partial charge on any atom is 0.304 e. The molecule has 0 bridgehead atoms. The fourth-order valence-electron chi connectivity index (χ4n) is 2.38. The molecule has 1 aliphatic rings. The van der Waals surface area contributed by atoms with Crippen molar-refractivity contribution in [2.45, 2.75) is 25.2 Å². The molecule has 1 aromatic heterocycles. The fraction of sp³-hybridized carbons (Fsp3) is 0.538. The zero-order valence-corrected chi connectivity index (χ0v) is 11.1. The molecule has 2 heterocycles. The number of aliphatic carboxylic acids is 1. The quantitative estimate of drug-likeness (QED) is 0.911. The summed E-state index contributed by atoms with van der Waals surface area (Å²) in [6, 6.07) is 4.16. The number of hydrogen-bond acceptors (Lipinski definition) is 3. The minimum atomic E-state index is -0.707. The zero-order valence-electron chi connectivity index (χ0n) is 10.3. The van der Waals surface area contributed by atoms with E-state index in [1.54, 1.807) is 0 Å². The summed E-state index contributed by atoms with van der Waals surface area (Å²) >= 11 is 0. The lowest BCUT2D eigenvalue weighted by Gasteiger charge is -2.31. The Hall–Kier alpha value is -1.13. The Labute approximate surface area is 113 Å². The molecular formula is C13H19ClN2O2. The zero-order chi connectivity index (χ0) is 12.1. The highest BCUT2D eigenvalue weighted by Gasteiger charge is 2.20. The lowest BCUT2D eigenvalue weighted by molar-refractivity contribution is -0.137. The molecular weight excluding hydrogens is 252 g/mol. The summed E-state index contributed by atoms with van der Waals surface area (Å²) in [4.78, 5) is 16.8. The minimum absolute atomic E-state index is 0. The normalized spacial score (nSPS) is 17.1. The van der Waals surface area contributed by atoms with Gasteiger partial charge >= 0.3 is 5.97 Å². The van der Waals surface area contributed by atoms with Crippen LogP contribution in [0.4, 0.5) is 0 Å². The van der Waals surface area contributed by atoms with Gasteiger partial charge in [0.1, 0.15) is 0 Å². The minimum Gasteiger partial charge on any atom is -0.481 e. The Kier molecular flexibility index (Phi) is 6.09. The van der Waals surface area contributed by atoms with E-state index >= 15 is 0 Å². The van der Waals surface area contributed by atoms with E-state index < -0.39 is 5.97 Å². The topological polar surface area (TPSA) is 53.4 Å². The molecule has 0 atom stereocenters. The molecule has 18 heavy (non-hydrogen) atoms. The number of rotatable bonds is 4. The van der Waals surface area contributed by atoms with Crippen LogP contribution in [0.15, 0.2) is 24.5 Å². The molecule has 0 saturated carbocycles. The molecule has 0 aromatic carbocycles. The lowest BCUT2D eigenvalue weighted by atomic mass is 9.90. The second kappa shape index (κ2) is 7.34. The summed E-state index contributed by atoms with van der Waals surface area (Å²) in [5.41, 5.74) is 1.36. The van der Waals surface area contributed by atoms with Gasteiger partial charge in [0.15, 0.2) is 0 Å². The number of aromatic nitrogens is 1. The molecule has 1 aliphatic heterocycles. The summed E-state index contributed by atoms with van der Waals surface area (Å²) in [5.74, 6) is -0.0969. The molecule has 1 fully saturated rings. The number of pyridine rings is 1. The summed E-state index contributed by atoms with van der Waals surface area (Å²) in [6.45, 7) is 2.68. The number of likely N-dealkylation sites (tertiary alicyclic amines) is 1. The molecule has 0 amide bonds. The highest BCUT2D eigenvalue weighted by Crippen LogP contribution is 2.27. The van der Waals surface area contributed by atoms with Crippen LogP contribution in [-0.4, -0.2) is 40.6 Å². The van der Waals surface area contributed by atoms with Crippen LogP contribution in [0.3, 0.4) is 0 Å². The lowest BCUT2D eigenvalue weighted by Crippen LogP contribution is -2.34. The van der Waals surface area contributed by atoms with Gasteiger partial charge in [0.2, 0.25) is 0 Å². The van der Waals surface area contributed by atoms with Crippen molar-refractivity contribution >= 4 is 18.4 Å². The van der Waals surface area contributed by atoms with Crippen molar-refractivity contribution in [1.82, 2.24) is 9.88 Å². The van der Waals surface area contributed by atoms with Crippen molar-refractivity contribution in [3.05, 3.63) is 30.1 Å². The van der Waals surface area contributed by atoms with Crippen LogP contribution in [0, 0.1) is 0 Å². The van der Waals surface area contributed by atoms with Crippen molar-refractivity contribution in [2.75, 3.05) is 19.6 Å². The summed E-state index contributed by atoms with van der Waals surface area (Å²) in [5, 5.41) is 8.64. The first-order chi connectivity index (χ1) is 8.25.